The first-order valence-corrected chi connectivity index (χ1v) is 10.7. The van der Waals surface area contributed by atoms with E-state index in [2.05, 4.69) is 50.3 Å². The zero-order valence-corrected chi connectivity index (χ0v) is 20.9. The smallest absolute Gasteiger partial charge is 0.251 e. The zero-order chi connectivity index (χ0) is 21.9. The van der Waals surface area contributed by atoms with Gasteiger partial charge in [0.15, 0.2) is 5.96 Å². The number of rotatable bonds is 9. The molecule has 32 heavy (non-hydrogen) atoms. The van der Waals surface area contributed by atoms with E-state index in [0.717, 1.165) is 36.7 Å². The molecule has 0 aliphatic heterocycles. The fraction of sp³-hybridized carbons (Fsp3) is 0.292. The lowest BCUT2D eigenvalue weighted by Crippen LogP contribution is -2.38. The molecule has 0 unspecified atom stereocenters. The van der Waals surface area contributed by atoms with E-state index < -0.39 is 0 Å². The first-order valence-electron chi connectivity index (χ1n) is 10.7. The van der Waals surface area contributed by atoms with Gasteiger partial charge in [-0.3, -0.25) is 4.79 Å². The molecule has 0 spiro atoms. The van der Waals surface area contributed by atoms with Gasteiger partial charge in [0.2, 0.25) is 0 Å². The van der Waals surface area contributed by atoms with Gasteiger partial charge in [-0.25, -0.2) is 9.67 Å². The molecule has 0 aliphatic carbocycles. The van der Waals surface area contributed by atoms with Crippen LogP contribution in [0.25, 0.3) is 5.69 Å². The van der Waals surface area contributed by atoms with E-state index in [1.165, 1.54) is 5.56 Å². The number of hydrogen-bond donors (Lipinski definition) is 3. The second-order valence-corrected chi connectivity index (χ2v) is 7.05. The van der Waals surface area contributed by atoms with Crippen LogP contribution in [0, 0.1) is 0 Å². The summed E-state index contributed by atoms with van der Waals surface area (Å²) in [7, 11) is 0. The van der Waals surface area contributed by atoms with Crippen molar-refractivity contribution in [2.75, 3.05) is 19.6 Å². The number of hydrogen-bond acceptors (Lipinski definition) is 3. The van der Waals surface area contributed by atoms with Gasteiger partial charge in [0.1, 0.15) is 0 Å². The number of aromatic nitrogens is 2. The van der Waals surface area contributed by atoms with Crippen LogP contribution in [0.15, 0.2) is 72.0 Å². The summed E-state index contributed by atoms with van der Waals surface area (Å²) in [5, 5.41) is 13.7. The molecule has 1 heterocycles. The number of nitrogens with zero attached hydrogens (tertiary/aromatic N) is 3. The highest BCUT2D eigenvalue weighted by Gasteiger charge is 2.04. The molecule has 1 amide bonds. The molecule has 7 nitrogen and oxygen atoms in total. The monoisotopic (exact) mass is 546 g/mol. The van der Waals surface area contributed by atoms with Crippen LogP contribution in [0.3, 0.4) is 0 Å². The maximum atomic E-state index is 11.9. The number of carbonyl (C=O) groups excluding carboxylic acids is 1. The quantitative estimate of drug-likeness (QED) is 0.218. The first kappa shape index (κ1) is 25.4. The lowest BCUT2D eigenvalue weighted by atomic mass is 10.1. The van der Waals surface area contributed by atoms with Crippen molar-refractivity contribution in [3.05, 3.63) is 83.7 Å². The van der Waals surface area contributed by atoms with Gasteiger partial charge in [0.25, 0.3) is 5.91 Å². The highest BCUT2D eigenvalue weighted by Crippen LogP contribution is 2.09. The minimum atomic E-state index is -0.0507. The van der Waals surface area contributed by atoms with Crippen LogP contribution in [-0.4, -0.2) is 41.3 Å². The standard InChI is InChI=1S/C24H30N6O.HI/c1-3-25-23(31)21-10-6-20(7-11-21)18-28-24(26-4-2)27-16-14-19-8-12-22(13-9-19)30-17-5-15-29-30;/h5-13,15,17H,3-4,14,16,18H2,1-2H3,(H,25,31)(H2,26,27,28);1H. The van der Waals surface area contributed by atoms with E-state index in [1.54, 1.807) is 6.20 Å². The zero-order valence-electron chi connectivity index (χ0n) is 18.5. The number of amides is 1. The second kappa shape index (κ2) is 13.5. The Bertz CT molecular complexity index is 969. The minimum absolute atomic E-state index is 0. The SMILES string of the molecule is CCNC(=O)c1ccc(CN=C(NCC)NCCc2ccc(-n3cccn3)cc2)cc1.I. The normalized spacial score (nSPS) is 10.9. The summed E-state index contributed by atoms with van der Waals surface area (Å²) in [6, 6.07) is 17.9. The third-order valence-electron chi connectivity index (χ3n) is 4.73. The Morgan fingerprint density at radius 2 is 1.62 bits per heavy atom. The third kappa shape index (κ3) is 7.67. The molecule has 0 fully saturated rings. The number of guanidine groups is 1. The largest absolute Gasteiger partial charge is 0.357 e. The van der Waals surface area contributed by atoms with Gasteiger partial charge in [0, 0.05) is 37.6 Å². The lowest BCUT2D eigenvalue weighted by Gasteiger charge is -2.12. The van der Waals surface area contributed by atoms with Crippen molar-refractivity contribution >= 4 is 35.8 Å². The molecule has 1 aromatic heterocycles. The predicted molar refractivity (Wildman–Crippen MR) is 140 cm³/mol. The molecule has 3 N–H and O–H groups in total. The average molecular weight is 546 g/mol. The molecule has 8 heteroatoms. The Labute approximate surface area is 206 Å². The average Bonchev–Trinajstić information content (AvgIpc) is 3.33. The highest BCUT2D eigenvalue weighted by molar-refractivity contribution is 14.0. The van der Waals surface area contributed by atoms with Crippen LogP contribution < -0.4 is 16.0 Å². The molecule has 170 valence electrons. The molecule has 3 aromatic rings. The summed E-state index contributed by atoms with van der Waals surface area (Å²) in [6.45, 7) is 6.70. The van der Waals surface area contributed by atoms with E-state index in [9.17, 15) is 4.79 Å². The van der Waals surface area contributed by atoms with Crippen molar-refractivity contribution < 1.29 is 4.79 Å². The molecular weight excluding hydrogens is 515 g/mol. The summed E-state index contributed by atoms with van der Waals surface area (Å²) in [4.78, 5) is 16.5. The molecule has 0 saturated heterocycles. The number of halogens is 1. The molecular formula is C24H31IN6O. The van der Waals surface area contributed by atoms with Gasteiger partial charge >= 0.3 is 0 Å². The van der Waals surface area contributed by atoms with Gasteiger partial charge in [0.05, 0.1) is 12.2 Å². The highest BCUT2D eigenvalue weighted by atomic mass is 127. The van der Waals surface area contributed by atoms with Crippen LogP contribution in [0.5, 0.6) is 0 Å². The summed E-state index contributed by atoms with van der Waals surface area (Å²) >= 11 is 0. The fourth-order valence-electron chi connectivity index (χ4n) is 3.10. The molecule has 0 atom stereocenters. The Kier molecular flexibility index (Phi) is 10.7. The molecule has 0 saturated carbocycles. The Morgan fingerprint density at radius 1 is 0.938 bits per heavy atom. The minimum Gasteiger partial charge on any atom is -0.357 e. The van der Waals surface area contributed by atoms with E-state index in [4.69, 9.17) is 0 Å². The summed E-state index contributed by atoms with van der Waals surface area (Å²) in [5.74, 6) is 0.730. The molecule has 3 rings (SSSR count). The van der Waals surface area contributed by atoms with E-state index in [1.807, 2.05) is 55.1 Å². The number of carbonyl (C=O) groups is 1. The lowest BCUT2D eigenvalue weighted by molar-refractivity contribution is 0.0956. The number of aliphatic imine (C=N–C) groups is 1. The predicted octanol–water partition coefficient (Wildman–Crippen LogP) is 3.54. The van der Waals surface area contributed by atoms with Gasteiger partial charge in [-0.2, -0.15) is 5.10 Å². The van der Waals surface area contributed by atoms with Crippen molar-refractivity contribution in [3.8, 4) is 5.69 Å². The Morgan fingerprint density at radius 3 is 2.25 bits per heavy atom. The summed E-state index contributed by atoms with van der Waals surface area (Å²) in [5.41, 5.74) is 4.02. The first-order chi connectivity index (χ1) is 15.2. The van der Waals surface area contributed by atoms with E-state index >= 15 is 0 Å². The van der Waals surface area contributed by atoms with Crippen LogP contribution in [0.1, 0.15) is 35.3 Å². The van der Waals surface area contributed by atoms with Crippen molar-refractivity contribution in [1.29, 1.82) is 0 Å². The van der Waals surface area contributed by atoms with Crippen LogP contribution in [-0.2, 0) is 13.0 Å². The summed E-state index contributed by atoms with van der Waals surface area (Å²) < 4.78 is 1.85. The van der Waals surface area contributed by atoms with Gasteiger partial charge in [-0.1, -0.05) is 24.3 Å². The van der Waals surface area contributed by atoms with E-state index in [-0.39, 0.29) is 29.9 Å². The van der Waals surface area contributed by atoms with Gasteiger partial charge in [-0.05, 0) is 61.7 Å². The van der Waals surface area contributed by atoms with Crippen LogP contribution in [0.4, 0.5) is 0 Å². The van der Waals surface area contributed by atoms with E-state index in [0.29, 0.717) is 18.7 Å². The topological polar surface area (TPSA) is 83.3 Å². The van der Waals surface area contributed by atoms with Crippen molar-refractivity contribution in [3.63, 3.8) is 0 Å². The number of benzene rings is 2. The molecule has 2 aromatic carbocycles. The molecule has 0 aliphatic rings. The second-order valence-electron chi connectivity index (χ2n) is 7.05. The van der Waals surface area contributed by atoms with Crippen molar-refractivity contribution in [2.45, 2.75) is 26.8 Å². The Hall–Kier alpha value is -2.88. The van der Waals surface area contributed by atoms with Gasteiger partial charge in [-0.15, -0.1) is 24.0 Å². The van der Waals surface area contributed by atoms with Crippen molar-refractivity contribution in [1.82, 2.24) is 25.7 Å². The maximum absolute atomic E-state index is 11.9. The van der Waals surface area contributed by atoms with Crippen molar-refractivity contribution in [2.24, 2.45) is 4.99 Å². The van der Waals surface area contributed by atoms with Crippen LogP contribution in [0.2, 0.25) is 0 Å². The summed E-state index contributed by atoms with van der Waals surface area (Å²) in [6.07, 6.45) is 4.60. The fourth-order valence-corrected chi connectivity index (χ4v) is 3.10. The number of nitrogens with one attached hydrogen (secondary N) is 3. The molecule has 0 radical (unpaired) electrons. The maximum Gasteiger partial charge on any atom is 0.251 e. The Balaban J connectivity index is 0.00000363. The molecule has 0 bridgehead atoms. The van der Waals surface area contributed by atoms with Crippen LogP contribution >= 0.6 is 24.0 Å². The van der Waals surface area contributed by atoms with Gasteiger partial charge < -0.3 is 16.0 Å². The third-order valence-corrected chi connectivity index (χ3v) is 4.73.